The Hall–Kier alpha value is -3.82. The minimum atomic E-state index is -1.73. The number of nitrogens with one attached hydrogen (secondary N) is 3. The van der Waals surface area contributed by atoms with Gasteiger partial charge in [-0.1, -0.05) is 18.2 Å². The molecule has 2 aromatic carbocycles. The highest BCUT2D eigenvalue weighted by molar-refractivity contribution is 5.97. The van der Waals surface area contributed by atoms with Crippen LogP contribution in [0.2, 0.25) is 0 Å². The standard InChI is InChI=1S/C20H16F3N3O4/c1-10(30-20(29)15-8-11-4-2-3-5-13(11)25-15)19(28)24-9-16(27)26-14-7-6-12(21)17(22)18(14)23/h2-8,10,25H,9H2,1H3,(H,24,28)(H,26,27). The zero-order chi connectivity index (χ0) is 21.8. The van der Waals surface area contributed by atoms with Gasteiger partial charge in [-0.3, -0.25) is 9.59 Å². The molecule has 30 heavy (non-hydrogen) atoms. The summed E-state index contributed by atoms with van der Waals surface area (Å²) in [6.45, 7) is 0.703. The maximum Gasteiger partial charge on any atom is 0.355 e. The topological polar surface area (TPSA) is 100 Å². The molecule has 0 radical (unpaired) electrons. The molecular formula is C20H16F3N3O4. The Morgan fingerprint density at radius 3 is 2.53 bits per heavy atom. The Morgan fingerprint density at radius 1 is 1.07 bits per heavy atom. The molecule has 7 nitrogen and oxygen atoms in total. The van der Waals surface area contributed by atoms with Crippen molar-refractivity contribution in [2.75, 3.05) is 11.9 Å². The minimum absolute atomic E-state index is 0.155. The molecule has 1 heterocycles. The Balaban J connectivity index is 1.52. The summed E-state index contributed by atoms with van der Waals surface area (Å²) >= 11 is 0. The Kier molecular flexibility index (Phi) is 6.05. The number of carbonyl (C=O) groups is 3. The van der Waals surface area contributed by atoms with Crippen LogP contribution in [0.25, 0.3) is 10.9 Å². The highest BCUT2D eigenvalue weighted by Gasteiger charge is 2.21. The van der Waals surface area contributed by atoms with Crippen molar-refractivity contribution in [3.8, 4) is 0 Å². The second-order valence-corrected chi connectivity index (χ2v) is 6.31. The number of amides is 2. The molecule has 1 aromatic heterocycles. The molecule has 0 saturated heterocycles. The van der Waals surface area contributed by atoms with E-state index in [9.17, 15) is 27.6 Å². The largest absolute Gasteiger partial charge is 0.448 e. The van der Waals surface area contributed by atoms with E-state index in [2.05, 4.69) is 10.3 Å². The maximum atomic E-state index is 13.6. The fourth-order valence-corrected chi connectivity index (χ4v) is 2.59. The lowest BCUT2D eigenvalue weighted by atomic mass is 10.2. The van der Waals surface area contributed by atoms with Crippen molar-refractivity contribution < 1.29 is 32.3 Å². The van der Waals surface area contributed by atoms with Crippen LogP contribution < -0.4 is 10.6 Å². The number of rotatable bonds is 6. The molecule has 156 valence electrons. The molecule has 0 fully saturated rings. The first kappa shape index (κ1) is 20.9. The number of H-pyrrole nitrogens is 1. The Morgan fingerprint density at radius 2 is 1.80 bits per heavy atom. The first-order valence-electron chi connectivity index (χ1n) is 8.76. The van der Waals surface area contributed by atoms with Crippen molar-refractivity contribution in [2.24, 2.45) is 0 Å². The van der Waals surface area contributed by atoms with Crippen molar-refractivity contribution in [1.82, 2.24) is 10.3 Å². The van der Waals surface area contributed by atoms with Gasteiger partial charge in [0.15, 0.2) is 23.6 Å². The molecule has 0 aliphatic heterocycles. The molecule has 0 spiro atoms. The maximum absolute atomic E-state index is 13.6. The van der Waals surface area contributed by atoms with Crippen LogP contribution in [0.4, 0.5) is 18.9 Å². The number of esters is 1. The van der Waals surface area contributed by atoms with Gasteiger partial charge in [0, 0.05) is 10.9 Å². The van der Waals surface area contributed by atoms with Gasteiger partial charge in [-0.2, -0.15) is 0 Å². The van der Waals surface area contributed by atoms with Crippen molar-refractivity contribution in [2.45, 2.75) is 13.0 Å². The lowest BCUT2D eigenvalue weighted by Gasteiger charge is -2.13. The zero-order valence-electron chi connectivity index (χ0n) is 15.6. The fourth-order valence-electron chi connectivity index (χ4n) is 2.59. The van der Waals surface area contributed by atoms with E-state index in [1.54, 1.807) is 30.3 Å². The van der Waals surface area contributed by atoms with Crippen LogP contribution in [0.1, 0.15) is 17.4 Å². The van der Waals surface area contributed by atoms with Crippen LogP contribution >= 0.6 is 0 Å². The van der Waals surface area contributed by atoms with Gasteiger partial charge >= 0.3 is 5.97 Å². The monoisotopic (exact) mass is 419 g/mol. The SMILES string of the molecule is CC(OC(=O)c1cc2ccccc2[nH]1)C(=O)NCC(=O)Nc1ccc(F)c(F)c1F. The van der Waals surface area contributed by atoms with Gasteiger partial charge in [0.2, 0.25) is 5.91 Å². The lowest BCUT2D eigenvalue weighted by molar-refractivity contribution is -0.130. The average Bonchev–Trinajstić information content (AvgIpc) is 3.17. The number of halogens is 3. The molecule has 0 bridgehead atoms. The van der Waals surface area contributed by atoms with Crippen molar-refractivity contribution in [1.29, 1.82) is 0 Å². The van der Waals surface area contributed by atoms with Crippen molar-refractivity contribution in [3.05, 3.63) is 65.6 Å². The van der Waals surface area contributed by atoms with Gasteiger partial charge in [-0.25, -0.2) is 18.0 Å². The molecular weight excluding hydrogens is 403 g/mol. The number of anilines is 1. The summed E-state index contributed by atoms with van der Waals surface area (Å²) < 4.78 is 44.7. The van der Waals surface area contributed by atoms with Crippen LogP contribution in [0.15, 0.2) is 42.5 Å². The van der Waals surface area contributed by atoms with E-state index in [1.165, 1.54) is 6.92 Å². The van der Waals surface area contributed by atoms with E-state index < -0.39 is 53.6 Å². The van der Waals surface area contributed by atoms with Gasteiger partial charge in [0.1, 0.15) is 5.69 Å². The van der Waals surface area contributed by atoms with E-state index in [4.69, 9.17) is 4.74 Å². The van der Waals surface area contributed by atoms with Crippen LogP contribution in [0, 0.1) is 17.5 Å². The smallest absolute Gasteiger partial charge is 0.355 e. The second-order valence-electron chi connectivity index (χ2n) is 6.31. The molecule has 0 aliphatic rings. The van der Waals surface area contributed by atoms with Crippen molar-refractivity contribution in [3.63, 3.8) is 0 Å². The number of hydrogen-bond donors (Lipinski definition) is 3. The van der Waals surface area contributed by atoms with Crippen LogP contribution in [-0.2, 0) is 14.3 Å². The molecule has 10 heteroatoms. The normalized spacial score (nSPS) is 11.7. The van der Waals surface area contributed by atoms with Crippen LogP contribution in [0.5, 0.6) is 0 Å². The number of hydrogen-bond acceptors (Lipinski definition) is 4. The van der Waals surface area contributed by atoms with Gasteiger partial charge < -0.3 is 20.4 Å². The van der Waals surface area contributed by atoms with Gasteiger partial charge in [0.25, 0.3) is 5.91 Å². The van der Waals surface area contributed by atoms with E-state index >= 15 is 0 Å². The number of aromatic nitrogens is 1. The first-order chi connectivity index (χ1) is 14.3. The number of ether oxygens (including phenoxy) is 1. The predicted octanol–water partition coefficient (Wildman–Crippen LogP) is 2.89. The summed E-state index contributed by atoms with van der Waals surface area (Å²) in [5.74, 6) is -7.11. The molecule has 1 atom stereocenters. The quantitative estimate of drug-likeness (QED) is 0.423. The van der Waals surface area contributed by atoms with Crippen LogP contribution in [-0.4, -0.2) is 35.4 Å². The van der Waals surface area contributed by atoms with Crippen molar-refractivity contribution >= 4 is 34.4 Å². The molecule has 3 rings (SSSR count). The molecule has 0 saturated carbocycles. The first-order valence-corrected chi connectivity index (χ1v) is 8.76. The van der Waals surface area contributed by atoms with E-state index in [1.807, 2.05) is 5.32 Å². The Bertz CT molecular complexity index is 1100. The van der Waals surface area contributed by atoms with E-state index in [0.717, 1.165) is 17.0 Å². The fraction of sp³-hybridized carbons (Fsp3) is 0.150. The summed E-state index contributed by atoms with van der Waals surface area (Å²) in [6, 6.07) is 10.2. The molecule has 1 unspecified atom stereocenters. The summed E-state index contributed by atoms with van der Waals surface area (Å²) in [5.41, 5.74) is 0.302. The third kappa shape index (κ3) is 4.59. The van der Waals surface area contributed by atoms with Gasteiger partial charge in [-0.05, 0) is 31.2 Å². The van der Waals surface area contributed by atoms with E-state index in [-0.39, 0.29) is 5.69 Å². The highest BCUT2D eigenvalue weighted by atomic mass is 19.2. The molecule has 2 amide bonds. The lowest BCUT2D eigenvalue weighted by Crippen LogP contribution is -2.40. The molecule has 0 aliphatic carbocycles. The van der Waals surface area contributed by atoms with Gasteiger partial charge in [0.05, 0.1) is 12.2 Å². The summed E-state index contributed by atoms with van der Waals surface area (Å²) in [5, 5.41) is 5.00. The Labute approximate surface area is 168 Å². The second kappa shape index (κ2) is 8.68. The zero-order valence-corrected chi connectivity index (χ0v) is 15.6. The number of aromatic amines is 1. The molecule has 3 N–H and O–H groups in total. The number of fused-ring (bicyclic) bond motifs is 1. The predicted molar refractivity (Wildman–Crippen MR) is 101 cm³/mol. The third-order valence-corrected chi connectivity index (χ3v) is 4.14. The number of para-hydroxylation sites is 1. The third-order valence-electron chi connectivity index (χ3n) is 4.14. The van der Waals surface area contributed by atoms with Gasteiger partial charge in [-0.15, -0.1) is 0 Å². The van der Waals surface area contributed by atoms with Crippen LogP contribution in [0.3, 0.4) is 0 Å². The summed E-state index contributed by atoms with van der Waals surface area (Å²) in [4.78, 5) is 38.9. The average molecular weight is 419 g/mol. The highest BCUT2D eigenvalue weighted by Crippen LogP contribution is 2.19. The number of benzene rings is 2. The number of carbonyl (C=O) groups excluding carboxylic acids is 3. The summed E-state index contributed by atoms with van der Waals surface area (Å²) in [7, 11) is 0. The molecule has 3 aromatic rings. The van der Waals surface area contributed by atoms with E-state index in [0.29, 0.717) is 6.07 Å². The minimum Gasteiger partial charge on any atom is -0.448 e. The summed E-state index contributed by atoms with van der Waals surface area (Å²) in [6.07, 6.45) is -1.23.